The number of amides is 1. The predicted molar refractivity (Wildman–Crippen MR) is 190 cm³/mol. The molecule has 0 saturated carbocycles. The highest BCUT2D eigenvalue weighted by atomic mass is 19.4. The van der Waals surface area contributed by atoms with Gasteiger partial charge in [-0.2, -0.15) is 13.2 Å². The van der Waals surface area contributed by atoms with Gasteiger partial charge in [-0.15, -0.1) is 0 Å². The highest BCUT2D eigenvalue weighted by Crippen LogP contribution is 2.35. The minimum atomic E-state index is -4.70. The van der Waals surface area contributed by atoms with Crippen LogP contribution in [0, 0.1) is 0 Å². The summed E-state index contributed by atoms with van der Waals surface area (Å²) in [6.45, 7) is 2.22. The first-order valence-electron chi connectivity index (χ1n) is 17.0. The van der Waals surface area contributed by atoms with Crippen molar-refractivity contribution in [1.82, 2.24) is 9.88 Å². The third kappa shape index (κ3) is 12.6. The first kappa shape index (κ1) is 40.3. The SMILES string of the molecule is CCCCCCCOc1ccc(C(=O)Oc2ccc(CN(CC(=O)O)C(O)c3ccc(NC(=O)Cc4ccc(OC)cc4C(F)(F)F)nc3)cc2)cc1. The zero-order valence-corrected chi connectivity index (χ0v) is 29.4. The van der Waals surface area contributed by atoms with E-state index in [9.17, 15) is 37.8 Å². The number of nitrogens with zero attached hydrogens (tertiary/aromatic N) is 2. The number of aliphatic hydroxyl groups excluding tert-OH is 1. The van der Waals surface area contributed by atoms with Gasteiger partial charge in [0.2, 0.25) is 5.91 Å². The monoisotopic (exact) mass is 737 g/mol. The molecule has 3 aromatic carbocycles. The van der Waals surface area contributed by atoms with Crippen LogP contribution in [0.5, 0.6) is 17.2 Å². The highest BCUT2D eigenvalue weighted by molar-refractivity contribution is 5.92. The van der Waals surface area contributed by atoms with Crippen molar-refractivity contribution in [2.24, 2.45) is 0 Å². The number of aliphatic hydroxyl groups is 1. The van der Waals surface area contributed by atoms with Crippen molar-refractivity contribution >= 4 is 23.7 Å². The quantitative estimate of drug-likeness (QED) is 0.0384. The number of hydrogen-bond donors (Lipinski definition) is 3. The number of alkyl halides is 3. The average Bonchev–Trinajstić information content (AvgIpc) is 3.13. The van der Waals surface area contributed by atoms with E-state index in [1.165, 1.54) is 55.7 Å². The number of esters is 1. The molecule has 1 heterocycles. The maximum atomic E-state index is 13.5. The first-order valence-corrected chi connectivity index (χ1v) is 17.0. The number of unbranched alkanes of at least 4 members (excludes halogenated alkanes) is 4. The van der Waals surface area contributed by atoms with Crippen LogP contribution in [0.15, 0.2) is 85.1 Å². The number of nitrogens with one attached hydrogen (secondary N) is 1. The summed E-state index contributed by atoms with van der Waals surface area (Å²) in [6.07, 6.45) is 0.158. The largest absolute Gasteiger partial charge is 0.497 e. The normalized spacial score (nSPS) is 11.9. The number of methoxy groups -OCH3 is 1. The fourth-order valence-corrected chi connectivity index (χ4v) is 5.35. The summed E-state index contributed by atoms with van der Waals surface area (Å²) < 4.78 is 56.7. The second-order valence-corrected chi connectivity index (χ2v) is 12.2. The summed E-state index contributed by atoms with van der Waals surface area (Å²) in [5, 5.41) is 23.0. The molecule has 4 rings (SSSR count). The summed E-state index contributed by atoms with van der Waals surface area (Å²) >= 11 is 0. The van der Waals surface area contributed by atoms with Gasteiger partial charge in [0, 0.05) is 18.3 Å². The van der Waals surface area contributed by atoms with E-state index < -0.39 is 48.8 Å². The Morgan fingerprint density at radius 3 is 2.19 bits per heavy atom. The van der Waals surface area contributed by atoms with Crippen molar-refractivity contribution in [2.75, 3.05) is 25.6 Å². The lowest BCUT2D eigenvalue weighted by molar-refractivity contribution is -0.142. The van der Waals surface area contributed by atoms with Crippen molar-refractivity contribution in [3.05, 3.63) is 113 Å². The van der Waals surface area contributed by atoms with E-state index in [0.717, 1.165) is 25.0 Å². The Balaban J connectivity index is 1.32. The van der Waals surface area contributed by atoms with Gasteiger partial charge in [0.15, 0.2) is 0 Å². The van der Waals surface area contributed by atoms with Gasteiger partial charge in [-0.3, -0.25) is 14.5 Å². The fourth-order valence-electron chi connectivity index (χ4n) is 5.35. The van der Waals surface area contributed by atoms with E-state index >= 15 is 0 Å². The van der Waals surface area contributed by atoms with Crippen molar-refractivity contribution in [3.63, 3.8) is 0 Å². The van der Waals surface area contributed by atoms with Crippen molar-refractivity contribution in [1.29, 1.82) is 0 Å². The Kier molecular flexibility index (Phi) is 14.7. The molecule has 0 radical (unpaired) electrons. The van der Waals surface area contributed by atoms with Crippen LogP contribution in [0.4, 0.5) is 19.0 Å². The van der Waals surface area contributed by atoms with Crippen LogP contribution < -0.4 is 19.5 Å². The molecule has 0 bridgehead atoms. The minimum Gasteiger partial charge on any atom is -0.497 e. The zero-order valence-electron chi connectivity index (χ0n) is 29.4. The molecule has 3 N–H and O–H groups in total. The van der Waals surface area contributed by atoms with Gasteiger partial charge in [-0.1, -0.05) is 50.8 Å². The van der Waals surface area contributed by atoms with Crippen molar-refractivity contribution in [3.8, 4) is 17.2 Å². The van der Waals surface area contributed by atoms with Gasteiger partial charge < -0.3 is 29.7 Å². The third-order valence-electron chi connectivity index (χ3n) is 8.14. The molecule has 0 saturated heterocycles. The van der Waals surface area contributed by atoms with Crippen LogP contribution in [-0.2, 0) is 28.7 Å². The molecule has 282 valence electrons. The number of halogens is 3. The van der Waals surface area contributed by atoms with Crippen LogP contribution in [0.25, 0.3) is 0 Å². The molecule has 0 fully saturated rings. The van der Waals surface area contributed by atoms with Crippen molar-refractivity contribution in [2.45, 2.75) is 64.4 Å². The second kappa shape index (κ2) is 19.4. The number of hydrogen-bond acceptors (Lipinski definition) is 9. The number of ether oxygens (including phenoxy) is 3. The molecule has 0 aliphatic rings. The number of anilines is 1. The molecule has 53 heavy (non-hydrogen) atoms. The van der Waals surface area contributed by atoms with Gasteiger partial charge in [0.05, 0.1) is 37.8 Å². The Hall–Kier alpha value is -5.47. The molecular formula is C39H42F3N3O8. The molecule has 0 aliphatic carbocycles. The topological polar surface area (TPSA) is 148 Å². The predicted octanol–water partition coefficient (Wildman–Crippen LogP) is 7.44. The van der Waals surface area contributed by atoms with Crippen molar-refractivity contribution < 1.29 is 52.0 Å². The standard InChI is InChI=1S/C39H42F3N3O8/c1-3-4-5-6-7-20-52-30-16-10-27(11-17-30)38(50)53-31-14-8-26(9-15-31)24-45(25-36(47)48)37(49)29-13-19-34(43-23-29)44-35(46)21-28-12-18-32(51-2)22-33(28)39(40,41)42/h8-19,22-23,37,49H,3-7,20-21,24-25H2,1-2H3,(H,47,48)(H,43,44,46). The van der Waals surface area contributed by atoms with Gasteiger partial charge in [-0.05, 0) is 78.2 Å². The van der Waals surface area contributed by atoms with Crippen LogP contribution >= 0.6 is 0 Å². The Morgan fingerprint density at radius 1 is 0.887 bits per heavy atom. The number of aromatic nitrogens is 1. The summed E-state index contributed by atoms with van der Waals surface area (Å²) in [5.41, 5.74) is -0.102. The van der Waals surface area contributed by atoms with Crippen LogP contribution in [0.1, 0.15) is 77.9 Å². The van der Waals surface area contributed by atoms with Crippen LogP contribution in [0.3, 0.4) is 0 Å². The summed E-state index contributed by atoms with van der Waals surface area (Å²) in [6, 6.07) is 19.1. The van der Waals surface area contributed by atoms with Crippen LogP contribution in [-0.4, -0.2) is 58.2 Å². The number of benzene rings is 3. The maximum Gasteiger partial charge on any atom is 0.416 e. The number of carboxylic acid groups (broad SMARTS) is 1. The average molecular weight is 738 g/mol. The molecule has 1 atom stereocenters. The maximum absolute atomic E-state index is 13.5. The molecule has 14 heteroatoms. The highest BCUT2D eigenvalue weighted by Gasteiger charge is 2.34. The Bertz CT molecular complexity index is 1800. The lowest BCUT2D eigenvalue weighted by atomic mass is 10.0. The third-order valence-corrected chi connectivity index (χ3v) is 8.14. The molecule has 1 amide bonds. The van der Waals surface area contributed by atoms with Gasteiger partial charge in [0.25, 0.3) is 0 Å². The van der Waals surface area contributed by atoms with Gasteiger partial charge in [0.1, 0.15) is 29.3 Å². The lowest BCUT2D eigenvalue weighted by Crippen LogP contribution is -2.33. The minimum absolute atomic E-state index is 0.000886. The Labute approximate surface area is 305 Å². The smallest absolute Gasteiger partial charge is 0.416 e. The number of carboxylic acids is 1. The number of rotatable bonds is 19. The number of carbonyl (C=O) groups excluding carboxylic acids is 2. The van der Waals surface area contributed by atoms with Gasteiger partial charge in [-0.25, -0.2) is 9.78 Å². The lowest BCUT2D eigenvalue weighted by Gasteiger charge is -2.26. The van der Waals surface area contributed by atoms with E-state index in [4.69, 9.17) is 14.2 Å². The zero-order chi connectivity index (χ0) is 38.4. The number of carbonyl (C=O) groups is 3. The summed E-state index contributed by atoms with van der Waals surface area (Å²) in [5.74, 6) is -1.58. The second-order valence-electron chi connectivity index (χ2n) is 12.2. The van der Waals surface area contributed by atoms with E-state index in [-0.39, 0.29) is 35.0 Å². The molecule has 4 aromatic rings. The van der Waals surface area contributed by atoms with Gasteiger partial charge >= 0.3 is 18.1 Å². The molecule has 1 unspecified atom stereocenters. The summed E-state index contributed by atoms with van der Waals surface area (Å²) in [4.78, 5) is 42.3. The van der Waals surface area contributed by atoms with E-state index in [1.807, 2.05) is 0 Å². The Morgan fingerprint density at radius 2 is 1.57 bits per heavy atom. The molecule has 11 nitrogen and oxygen atoms in total. The number of aliphatic carboxylic acids is 1. The summed E-state index contributed by atoms with van der Waals surface area (Å²) in [7, 11) is 1.24. The van der Waals surface area contributed by atoms with E-state index in [0.29, 0.717) is 23.5 Å². The molecular weight excluding hydrogens is 695 g/mol. The fraction of sp³-hybridized carbons (Fsp3) is 0.333. The molecule has 0 spiro atoms. The van der Waals surface area contributed by atoms with E-state index in [1.54, 1.807) is 48.5 Å². The first-order chi connectivity index (χ1) is 25.4. The number of pyridine rings is 1. The molecule has 1 aromatic heterocycles. The van der Waals surface area contributed by atoms with Crippen LogP contribution in [0.2, 0.25) is 0 Å². The molecule has 0 aliphatic heterocycles. The van der Waals surface area contributed by atoms with E-state index in [2.05, 4.69) is 17.2 Å².